The molecule has 0 rings (SSSR count). The van der Waals surface area contributed by atoms with Gasteiger partial charge in [-0.05, 0) is 0 Å². The fraction of sp³-hybridized carbons (Fsp3) is 0. The number of carbonyl (C=O) groups excluding carboxylic acids is 1. The van der Waals surface area contributed by atoms with Gasteiger partial charge in [-0.3, -0.25) is 0 Å². The largest absolute Gasteiger partial charge is 0.437 e. The van der Waals surface area contributed by atoms with Gasteiger partial charge in [-0.2, -0.15) is 5.90 Å². The molecule has 0 aliphatic carbocycles. The summed E-state index contributed by atoms with van der Waals surface area (Å²) in [5.41, 5.74) is 0. The highest BCUT2D eigenvalue weighted by atomic mass is 16.6. The Hall–Kier alpha value is -0.570. The highest BCUT2D eigenvalue weighted by molar-refractivity contribution is 5.37. The summed E-state index contributed by atoms with van der Waals surface area (Å²) in [6, 6.07) is 0. The summed E-state index contributed by atoms with van der Waals surface area (Å²) in [7, 11) is 0. The number of hydrogen-bond donors (Lipinski definition) is 1. The van der Waals surface area contributed by atoms with Crippen LogP contribution in [0.15, 0.2) is 0 Å². The quantitative estimate of drug-likeness (QED) is 0.392. The average molecular weight is 60.0 g/mol. The Morgan fingerprint density at radius 1 is 2.00 bits per heavy atom. The molecular formula is CH2NO2. The third-order valence-electron chi connectivity index (χ3n) is 0.0481. The van der Waals surface area contributed by atoms with Gasteiger partial charge in [0, 0.05) is 0 Å². The van der Waals surface area contributed by atoms with Crippen molar-refractivity contribution in [2.75, 3.05) is 0 Å². The molecule has 0 spiro atoms. The molecule has 0 saturated carbocycles. The summed E-state index contributed by atoms with van der Waals surface area (Å²) in [5, 5.41) is 0. The molecule has 0 atom stereocenters. The van der Waals surface area contributed by atoms with Gasteiger partial charge in [0.1, 0.15) is 0 Å². The van der Waals surface area contributed by atoms with Crippen LogP contribution in [0.25, 0.3) is 0 Å². The van der Waals surface area contributed by atoms with Crippen LogP contribution in [0, 0.1) is 0 Å². The van der Waals surface area contributed by atoms with Gasteiger partial charge in [0.2, 0.25) is 0 Å². The van der Waals surface area contributed by atoms with Crippen molar-refractivity contribution in [1.82, 2.24) is 0 Å². The first-order valence-corrected chi connectivity index (χ1v) is 0.644. The Labute approximate surface area is 23.3 Å². The zero-order valence-corrected chi connectivity index (χ0v) is 1.89. The van der Waals surface area contributed by atoms with E-state index in [1.54, 1.807) is 0 Å². The summed E-state index contributed by atoms with van der Waals surface area (Å²) >= 11 is 0. The van der Waals surface area contributed by atoms with Crippen LogP contribution >= 0.6 is 0 Å². The molecule has 23 valence electrons. The Morgan fingerprint density at radius 2 is 2.25 bits per heavy atom. The van der Waals surface area contributed by atoms with Gasteiger partial charge in [0.05, 0.1) is 0 Å². The number of hydrogen-bond acceptors (Lipinski definition) is 3. The van der Waals surface area contributed by atoms with Crippen LogP contribution in [0.2, 0.25) is 0 Å². The molecule has 3 heteroatoms. The van der Waals surface area contributed by atoms with Gasteiger partial charge < -0.3 is 4.84 Å². The van der Waals surface area contributed by atoms with Crippen molar-refractivity contribution in [2.24, 2.45) is 5.90 Å². The fourth-order valence-electron chi connectivity index (χ4n) is 0. The van der Waals surface area contributed by atoms with Crippen LogP contribution in [-0.2, 0) is 9.63 Å². The van der Waals surface area contributed by atoms with Crippen molar-refractivity contribution in [3.05, 3.63) is 0 Å². The van der Waals surface area contributed by atoms with Gasteiger partial charge >= 0.3 is 6.47 Å². The van der Waals surface area contributed by atoms with E-state index in [-0.39, 0.29) is 0 Å². The summed E-state index contributed by atoms with van der Waals surface area (Å²) in [4.78, 5) is 11.9. The maximum atomic E-state index is 8.70. The minimum absolute atomic E-state index is 0.958. The molecular weight excluding hydrogens is 58.0 g/mol. The van der Waals surface area contributed by atoms with Crippen LogP contribution in [0.5, 0.6) is 0 Å². The monoisotopic (exact) mass is 60.0 g/mol. The molecule has 0 fully saturated rings. The first kappa shape index (κ1) is 3.43. The molecule has 0 aromatic carbocycles. The van der Waals surface area contributed by atoms with E-state index in [1.165, 1.54) is 0 Å². The van der Waals surface area contributed by atoms with E-state index in [2.05, 4.69) is 10.7 Å². The SMILES string of the molecule is NO[C]=O. The first-order chi connectivity index (χ1) is 1.91. The number of nitrogens with two attached hydrogens (primary N) is 1. The lowest BCUT2D eigenvalue weighted by molar-refractivity contribution is 0.290. The molecule has 0 aromatic heterocycles. The molecule has 0 unspecified atom stereocenters. The molecule has 0 aromatic rings. The molecule has 0 amide bonds. The van der Waals surface area contributed by atoms with Crippen molar-refractivity contribution in [2.45, 2.75) is 0 Å². The first-order valence-electron chi connectivity index (χ1n) is 0.644. The molecule has 4 heavy (non-hydrogen) atoms. The van der Waals surface area contributed by atoms with Gasteiger partial charge in [0.25, 0.3) is 0 Å². The van der Waals surface area contributed by atoms with Crippen molar-refractivity contribution >= 4 is 6.47 Å². The highest BCUT2D eigenvalue weighted by Gasteiger charge is 1.51. The third kappa shape index (κ3) is 1.43. The van der Waals surface area contributed by atoms with E-state index >= 15 is 0 Å². The minimum atomic E-state index is 0.958. The van der Waals surface area contributed by atoms with Crippen LogP contribution in [-0.4, -0.2) is 6.47 Å². The second-order valence-electron chi connectivity index (χ2n) is 0.201. The maximum absolute atomic E-state index is 8.70. The standard InChI is InChI=1S/CH2NO2/c2-4-1-3/h2H2. The zero-order valence-electron chi connectivity index (χ0n) is 1.89. The van der Waals surface area contributed by atoms with E-state index in [1.807, 2.05) is 0 Å². The highest BCUT2D eigenvalue weighted by Crippen LogP contribution is 1.24. The molecule has 0 aliphatic rings. The molecule has 0 aliphatic heterocycles. The number of rotatable bonds is 1. The van der Waals surface area contributed by atoms with Crippen molar-refractivity contribution in [1.29, 1.82) is 0 Å². The zero-order chi connectivity index (χ0) is 3.41. The maximum Gasteiger partial charge on any atom is 0.437 e. The van der Waals surface area contributed by atoms with E-state index in [9.17, 15) is 0 Å². The Balaban J connectivity index is 2.30. The molecule has 3 nitrogen and oxygen atoms in total. The van der Waals surface area contributed by atoms with E-state index in [0.29, 0.717) is 0 Å². The summed E-state index contributed by atoms with van der Waals surface area (Å²) in [6.07, 6.45) is 0. The molecule has 0 bridgehead atoms. The molecule has 0 heterocycles. The molecule has 1 radical (unpaired) electrons. The van der Waals surface area contributed by atoms with Gasteiger partial charge in [-0.15, -0.1) is 0 Å². The third-order valence-corrected chi connectivity index (χ3v) is 0.0481. The normalized spacial score (nSPS) is 5.25. The Kier molecular flexibility index (Phi) is 2.08. The lowest BCUT2D eigenvalue weighted by Crippen LogP contribution is -1.92. The lowest BCUT2D eigenvalue weighted by atomic mass is 11.6. The van der Waals surface area contributed by atoms with E-state index in [4.69, 9.17) is 4.79 Å². The topological polar surface area (TPSA) is 52.3 Å². The minimum Gasteiger partial charge on any atom is -0.365 e. The van der Waals surface area contributed by atoms with Gasteiger partial charge in [-0.1, -0.05) is 0 Å². The summed E-state index contributed by atoms with van der Waals surface area (Å²) < 4.78 is 0. The van der Waals surface area contributed by atoms with E-state index < -0.39 is 0 Å². The predicted octanol–water partition coefficient (Wildman–Crippen LogP) is -1.06. The van der Waals surface area contributed by atoms with Crippen molar-refractivity contribution < 1.29 is 9.63 Å². The second kappa shape index (κ2) is 2.43. The lowest BCUT2D eigenvalue weighted by Gasteiger charge is -1.63. The molecule has 2 N–H and O–H groups in total. The van der Waals surface area contributed by atoms with Crippen molar-refractivity contribution in [3.63, 3.8) is 0 Å². The summed E-state index contributed by atoms with van der Waals surface area (Å²) in [6.45, 7) is 0.958. The van der Waals surface area contributed by atoms with Crippen molar-refractivity contribution in [3.8, 4) is 0 Å². The predicted molar refractivity (Wildman–Crippen MR) is 11.0 cm³/mol. The fourth-order valence-corrected chi connectivity index (χ4v) is 0. The van der Waals surface area contributed by atoms with Crippen LogP contribution in [0.4, 0.5) is 0 Å². The van der Waals surface area contributed by atoms with Crippen LogP contribution in [0.3, 0.4) is 0 Å². The van der Waals surface area contributed by atoms with Gasteiger partial charge in [-0.25, -0.2) is 4.79 Å². The Bertz CT molecular complexity index is 20.0. The summed E-state index contributed by atoms with van der Waals surface area (Å²) in [5.74, 6) is 4.10. The van der Waals surface area contributed by atoms with Gasteiger partial charge in [0.15, 0.2) is 0 Å². The second-order valence-corrected chi connectivity index (χ2v) is 0.201. The Morgan fingerprint density at radius 3 is 2.25 bits per heavy atom. The van der Waals surface area contributed by atoms with Crippen LogP contribution in [0.1, 0.15) is 0 Å². The van der Waals surface area contributed by atoms with Crippen LogP contribution < -0.4 is 5.90 Å². The van der Waals surface area contributed by atoms with E-state index in [0.717, 1.165) is 6.47 Å². The molecule has 0 saturated heterocycles. The smallest absolute Gasteiger partial charge is 0.365 e. The average Bonchev–Trinajstić information content (AvgIpc) is 1.37.